The second-order valence-electron chi connectivity index (χ2n) is 6.26. The highest BCUT2D eigenvalue weighted by atomic mass is 32.1. The minimum atomic E-state index is 0.0999. The first-order valence-corrected chi connectivity index (χ1v) is 9.19. The van der Waals surface area contributed by atoms with Gasteiger partial charge in [-0.15, -0.1) is 11.3 Å². The average Bonchev–Trinajstić information content (AvgIpc) is 3.23. The highest BCUT2D eigenvalue weighted by molar-refractivity contribution is 7.10. The van der Waals surface area contributed by atoms with Crippen molar-refractivity contribution in [2.75, 3.05) is 7.05 Å². The first-order valence-electron chi connectivity index (χ1n) is 8.31. The lowest BCUT2D eigenvalue weighted by molar-refractivity contribution is -0.130. The number of carbonyl (C=O) groups excluding carboxylic acids is 1. The number of hydrogen-bond acceptors (Lipinski definition) is 4. The molecule has 0 atom stereocenters. The molecule has 25 heavy (non-hydrogen) atoms. The topological polar surface area (TPSA) is 46.3 Å². The predicted molar refractivity (Wildman–Crippen MR) is 101 cm³/mol. The zero-order valence-electron chi connectivity index (χ0n) is 14.8. The van der Waals surface area contributed by atoms with Gasteiger partial charge >= 0.3 is 0 Å². The molecule has 0 bridgehead atoms. The van der Waals surface area contributed by atoms with Crippen molar-refractivity contribution in [3.8, 4) is 11.3 Å². The fourth-order valence-corrected chi connectivity index (χ4v) is 3.51. The number of aromatic nitrogens is 1. The van der Waals surface area contributed by atoms with Crippen LogP contribution in [0.4, 0.5) is 0 Å². The molecule has 3 aromatic rings. The van der Waals surface area contributed by atoms with E-state index in [1.54, 1.807) is 22.4 Å². The third kappa shape index (κ3) is 4.37. The fraction of sp³-hybridized carbons (Fsp3) is 0.300. The van der Waals surface area contributed by atoms with Gasteiger partial charge in [-0.25, -0.2) is 4.98 Å². The molecule has 2 heterocycles. The molecule has 1 aromatic carbocycles. The highest BCUT2D eigenvalue weighted by Gasteiger charge is 2.13. The van der Waals surface area contributed by atoms with E-state index in [2.05, 4.69) is 30.3 Å². The summed E-state index contributed by atoms with van der Waals surface area (Å²) in [5, 5.41) is 2.06. The Kier molecular flexibility index (Phi) is 5.34. The summed E-state index contributed by atoms with van der Waals surface area (Å²) >= 11 is 1.69. The van der Waals surface area contributed by atoms with Crippen molar-refractivity contribution in [1.29, 1.82) is 0 Å². The standard InChI is InChI=1S/C20H22N2O2S/c1-14-4-6-16(7-5-14)17-12-21-19(24-17)8-9-20(23)22(3)13-18-15(2)10-11-25-18/h4-7,10-12H,8-9,13H2,1-3H3. The van der Waals surface area contributed by atoms with Crippen LogP contribution in [0, 0.1) is 13.8 Å². The molecule has 5 heteroatoms. The van der Waals surface area contributed by atoms with Crippen molar-refractivity contribution in [1.82, 2.24) is 9.88 Å². The van der Waals surface area contributed by atoms with Crippen LogP contribution in [0.5, 0.6) is 0 Å². The van der Waals surface area contributed by atoms with E-state index < -0.39 is 0 Å². The maximum atomic E-state index is 12.3. The zero-order chi connectivity index (χ0) is 17.8. The molecule has 0 N–H and O–H groups in total. The number of oxazole rings is 1. The van der Waals surface area contributed by atoms with Gasteiger partial charge in [0.15, 0.2) is 11.7 Å². The van der Waals surface area contributed by atoms with E-state index in [9.17, 15) is 4.79 Å². The molecule has 0 spiro atoms. The number of carbonyl (C=O) groups is 1. The Hall–Kier alpha value is -2.40. The van der Waals surface area contributed by atoms with Crippen LogP contribution in [0.25, 0.3) is 11.3 Å². The van der Waals surface area contributed by atoms with Gasteiger partial charge in [0.2, 0.25) is 5.91 Å². The molecule has 3 rings (SSSR count). The minimum absolute atomic E-state index is 0.0999. The fourth-order valence-electron chi connectivity index (χ4n) is 2.55. The van der Waals surface area contributed by atoms with Gasteiger partial charge in [-0.1, -0.05) is 29.8 Å². The molecule has 2 aromatic heterocycles. The predicted octanol–water partition coefficient (Wildman–Crippen LogP) is 4.61. The lowest BCUT2D eigenvalue weighted by atomic mass is 10.1. The lowest BCUT2D eigenvalue weighted by Gasteiger charge is -2.16. The van der Waals surface area contributed by atoms with E-state index in [-0.39, 0.29) is 5.91 Å². The van der Waals surface area contributed by atoms with E-state index in [0.29, 0.717) is 25.3 Å². The lowest BCUT2D eigenvalue weighted by Crippen LogP contribution is -2.26. The molecule has 0 aliphatic carbocycles. The summed E-state index contributed by atoms with van der Waals surface area (Å²) in [4.78, 5) is 19.6. The van der Waals surface area contributed by atoms with Crippen LogP contribution in [0.15, 0.2) is 46.3 Å². The monoisotopic (exact) mass is 354 g/mol. The van der Waals surface area contributed by atoms with Crippen LogP contribution in [-0.4, -0.2) is 22.8 Å². The molecule has 4 nitrogen and oxygen atoms in total. The van der Waals surface area contributed by atoms with Gasteiger partial charge in [-0.2, -0.15) is 0 Å². The molecule has 0 aliphatic heterocycles. The number of hydrogen-bond donors (Lipinski definition) is 0. The van der Waals surface area contributed by atoms with Gasteiger partial charge in [0.25, 0.3) is 0 Å². The number of thiophene rings is 1. The van der Waals surface area contributed by atoms with Gasteiger partial charge in [0.05, 0.1) is 12.7 Å². The maximum absolute atomic E-state index is 12.3. The van der Waals surface area contributed by atoms with Gasteiger partial charge in [0, 0.05) is 30.3 Å². The summed E-state index contributed by atoms with van der Waals surface area (Å²) in [6, 6.07) is 10.2. The van der Waals surface area contributed by atoms with Crippen molar-refractivity contribution in [3.63, 3.8) is 0 Å². The number of nitrogens with zero attached hydrogens (tertiary/aromatic N) is 2. The molecule has 0 fully saturated rings. The van der Waals surface area contributed by atoms with Gasteiger partial charge in [0.1, 0.15) is 0 Å². The zero-order valence-corrected chi connectivity index (χ0v) is 15.6. The van der Waals surface area contributed by atoms with Crippen LogP contribution < -0.4 is 0 Å². The van der Waals surface area contributed by atoms with Gasteiger partial charge in [-0.3, -0.25) is 4.79 Å². The summed E-state index contributed by atoms with van der Waals surface area (Å²) in [6.45, 7) is 4.78. The van der Waals surface area contributed by atoms with Gasteiger partial charge in [-0.05, 0) is 30.9 Å². The van der Waals surface area contributed by atoms with Crippen molar-refractivity contribution >= 4 is 17.2 Å². The molecule has 0 saturated carbocycles. The second-order valence-corrected chi connectivity index (χ2v) is 7.26. The highest BCUT2D eigenvalue weighted by Crippen LogP contribution is 2.22. The molecule has 0 radical (unpaired) electrons. The van der Waals surface area contributed by atoms with Crippen molar-refractivity contribution < 1.29 is 9.21 Å². The Labute approximate surface area is 152 Å². The van der Waals surface area contributed by atoms with E-state index in [0.717, 1.165) is 11.3 Å². The number of amides is 1. The van der Waals surface area contributed by atoms with Gasteiger partial charge < -0.3 is 9.32 Å². The van der Waals surface area contributed by atoms with Crippen LogP contribution in [0.1, 0.15) is 28.3 Å². The van der Waals surface area contributed by atoms with Crippen LogP contribution >= 0.6 is 11.3 Å². The Morgan fingerprint density at radius 1 is 1.20 bits per heavy atom. The van der Waals surface area contributed by atoms with E-state index in [4.69, 9.17) is 4.42 Å². The third-order valence-electron chi connectivity index (χ3n) is 4.22. The molecule has 0 unspecified atom stereocenters. The summed E-state index contributed by atoms with van der Waals surface area (Å²) in [7, 11) is 1.84. The SMILES string of the molecule is Cc1ccc(-c2cnc(CCC(=O)N(C)Cc3sccc3C)o2)cc1. The summed E-state index contributed by atoms with van der Waals surface area (Å²) in [5.41, 5.74) is 3.44. The average molecular weight is 354 g/mol. The minimum Gasteiger partial charge on any atom is -0.441 e. The van der Waals surface area contributed by atoms with E-state index >= 15 is 0 Å². The third-order valence-corrected chi connectivity index (χ3v) is 5.22. The first-order chi connectivity index (χ1) is 12.0. The Balaban J connectivity index is 1.55. The first kappa shape index (κ1) is 17.4. The van der Waals surface area contributed by atoms with Crippen LogP contribution in [0.3, 0.4) is 0 Å². The molecule has 1 amide bonds. The summed E-state index contributed by atoms with van der Waals surface area (Å²) < 4.78 is 5.78. The van der Waals surface area contributed by atoms with Crippen LogP contribution in [0.2, 0.25) is 0 Å². The molecule has 0 saturated heterocycles. The number of rotatable bonds is 6. The smallest absolute Gasteiger partial charge is 0.223 e. The molecular weight excluding hydrogens is 332 g/mol. The molecule has 130 valence electrons. The second kappa shape index (κ2) is 7.66. The van der Waals surface area contributed by atoms with E-state index in [1.807, 2.05) is 31.3 Å². The Morgan fingerprint density at radius 3 is 2.64 bits per heavy atom. The largest absolute Gasteiger partial charge is 0.441 e. The summed E-state index contributed by atoms with van der Waals surface area (Å²) in [5.74, 6) is 1.44. The maximum Gasteiger partial charge on any atom is 0.223 e. The quantitative estimate of drug-likeness (QED) is 0.649. The Bertz CT molecular complexity index is 849. The van der Waals surface area contributed by atoms with Crippen LogP contribution in [-0.2, 0) is 17.8 Å². The van der Waals surface area contributed by atoms with Crippen molar-refractivity contribution in [2.24, 2.45) is 0 Å². The van der Waals surface area contributed by atoms with Crippen molar-refractivity contribution in [2.45, 2.75) is 33.2 Å². The normalized spacial score (nSPS) is 10.8. The number of aryl methyl sites for hydroxylation is 3. The Morgan fingerprint density at radius 2 is 1.96 bits per heavy atom. The number of benzene rings is 1. The van der Waals surface area contributed by atoms with E-state index in [1.165, 1.54) is 16.0 Å². The van der Waals surface area contributed by atoms with Crippen molar-refractivity contribution in [3.05, 3.63) is 63.8 Å². The molecular formula is C20H22N2O2S. The molecule has 0 aliphatic rings. The summed E-state index contributed by atoms with van der Waals surface area (Å²) in [6.07, 6.45) is 2.64.